The van der Waals surface area contributed by atoms with Crippen LogP contribution < -0.4 is 14.8 Å². The van der Waals surface area contributed by atoms with Crippen LogP contribution >= 0.6 is 12.3 Å². The van der Waals surface area contributed by atoms with Gasteiger partial charge in [0.2, 0.25) is 5.95 Å². The van der Waals surface area contributed by atoms with Crippen molar-refractivity contribution in [1.82, 2.24) is 8.96 Å². The standard InChI is InChI=1S/C20H22FN3O2S/c1-20(2,15-8-6-5-7-9-15)23-19-22-13-16(24(19)27-21)14-10-11-17(25-3)18(12-14)26-4/h5-13H,1-4H3,(H,22,23). The summed E-state index contributed by atoms with van der Waals surface area (Å²) in [5.74, 6) is 1.62. The van der Waals surface area contributed by atoms with Gasteiger partial charge in [-0.1, -0.05) is 30.3 Å². The van der Waals surface area contributed by atoms with Gasteiger partial charge in [-0.2, -0.15) is 0 Å². The van der Waals surface area contributed by atoms with Crippen LogP contribution in [0.2, 0.25) is 0 Å². The van der Waals surface area contributed by atoms with E-state index in [1.165, 1.54) is 3.97 Å². The lowest BCUT2D eigenvalue weighted by molar-refractivity contribution is 0.355. The van der Waals surface area contributed by atoms with E-state index in [0.29, 0.717) is 23.1 Å². The maximum Gasteiger partial charge on any atom is 0.216 e. The maximum absolute atomic E-state index is 13.8. The number of methoxy groups -OCH3 is 2. The van der Waals surface area contributed by atoms with Crippen molar-refractivity contribution in [2.75, 3.05) is 19.5 Å². The first-order chi connectivity index (χ1) is 13.0. The highest BCUT2D eigenvalue weighted by Gasteiger charge is 2.24. The van der Waals surface area contributed by atoms with Gasteiger partial charge < -0.3 is 14.8 Å². The Morgan fingerprint density at radius 1 is 1.04 bits per heavy atom. The minimum Gasteiger partial charge on any atom is -0.493 e. The number of anilines is 1. The summed E-state index contributed by atoms with van der Waals surface area (Å²) in [7, 11) is 3.14. The van der Waals surface area contributed by atoms with Crippen molar-refractivity contribution in [3.63, 3.8) is 0 Å². The first-order valence-electron chi connectivity index (χ1n) is 8.43. The van der Waals surface area contributed by atoms with Gasteiger partial charge in [-0.25, -0.2) is 8.96 Å². The van der Waals surface area contributed by atoms with E-state index in [4.69, 9.17) is 9.47 Å². The Hall–Kier alpha value is -2.67. The molecule has 0 radical (unpaired) electrons. The number of nitrogens with one attached hydrogen (secondary N) is 1. The summed E-state index contributed by atoms with van der Waals surface area (Å²) in [6, 6.07) is 15.4. The summed E-state index contributed by atoms with van der Waals surface area (Å²) >= 11 is 0.102. The Labute approximate surface area is 163 Å². The number of nitrogens with zero attached hydrogens (tertiary/aromatic N) is 2. The van der Waals surface area contributed by atoms with Crippen LogP contribution in [0.4, 0.5) is 9.83 Å². The van der Waals surface area contributed by atoms with Crippen molar-refractivity contribution in [2.24, 2.45) is 0 Å². The molecule has 5 nitrogen and oxygen atoms in total. The summed E-state index contributed by atoms with van der Waals surface area (Å²) in [5, 5.41) is 3.33. The molecule has 3 aromatic rings. The lowest BCUT2D eigenvalue weighted by Crippen LogP contribution is -2.29. The van der Waals surface area contributed by atoms with Crippen LogP contribution in [0.1, 0.15) is 19.4 Å². The molecule has 27 heavy (non-hydrogen) atoms. The predicted octanol–water partition coefficient (Wildman–Crippen LogP) is 5.30. The summed E-state index contributed by atoms with van der Waals surface area (Å²) in [6.45, 7) is 4.06. The zero-order valence-electron chi connectivity index (χ0n) is 15.7. The molecule has 0 spiro atoms. The van der Waals surface area contributed by atoms with Crippen molar-refractivity contribution in [2.45, 2.75) is 19.4 Å². The van der Waals surface area contributed by atoms with Gasteiger partial charge in [0.25, 0.3) is 0 Å². The van der Waals surface area contributed by atoms with Crippen molar-refractivity contribution < 1.29 is 13.4 Å². The Kier molecular flexibility index (Phi) is 5.60. The van der Waals surface area contributed by atoms with Crippen LogP contribution in [0.3, 0.4) is 0 Å². The van der Waals surface area contributed by atoms with E-state index >= 15 is 0 Å². The number of hydrogen-bond acceptors (Lipinski definition) is 5. The highest BCUT2D eigenvalue weighted by molar-refractivity contribution is 7.93. The van der Waals surface area contributed by atoms with Crippen molar-refractivity contribution in [1.29, 1.82) is 0 Å². The van der Waals surface area contributed by atoms with E-state index in [1.807, 2.05) is 50.2 Å². The smallest absolute Gasteiger partial charge is 0.216 e. The number of rotatable bonds is 7. The van der Waals surface area contributed by atoms with Gasteiger partial charge in [0.05, 0.1) is 31.6 Å². The molecule has 0 bridgehead atoms. The van der Waals surface area contributed by atoms with Crippen LogP contribution in [0, 0.1) is 0 Å². The van der Waals surface area contributed by atoms with Crippen LogP contribution in [0.5, 0.6) is 11.5 Å². The SMILES string of the molecule is COc1ccc(-c2cnc(NC(C)(C)c3ccccc3)n2SF)cc1OC. The molecule has 1 aromatic heterocycles. The van der Waals surface area contributed by atoms with Crippen molar-refractivity contribution >= 4 is 18.3 Å². The van der Waals surface area contributed by atoms with E-state index in [-0.39, 0.29) is 12.3 Å². The number of hydrogen-bond donors (Lipinski definition) is 1. The Morgan fingerprint density at radius 3 is 2.37 bits per heavy atom. The number of ether oxygens (including phenoxy) is 2. The molecule has 0 atom stereocenters. The van der Waals surface area contributed by atoms with Gasteiger partial charge in [0, 0.05) is 5.56 Å². The fourth-order valence-corrected chi connectivity index (χ4v) is 3.27. The second-order valence-corrected chi connectivity index (χ2v) is 7.02. The van der Waals surface area contributed by atoms with Gasteiger partial charge in [0.1, 0.15) is 0 Å². The molecule has 7 heteroatoms. The van der Waals surface area contributed by atoms with Crippen molar-refractivity contribution in [3.8, 4) is 22.8 Å². The van der Waals surface area contributed by atoms with Crippen LogP contribution in [0.25, 0.3) is 11.3 Å². The van der Waals surface area contributed by atoms with Gasteiger partial charge in [0.15, 0.2) is 23.8 Å². The molecule has 0 aliphatic rings. The second kappa shape index (κ2) is 7.92. The summed E-state index contributed by atoms with van der Waals surface area (Å²) in [5.41, 5.74) is 2.05. The molecular weight excluding hydrogens is 365 g/mol. The van der Waals surface area contributed by atoms with Crippen LogP contribution in [-0.4, -0.2) is 23.2 Å². The first-order valence-corrected chi connectivity index (χ1v) is 9.10. The molecule has 1 N–H and O–H groups in total. The van der Waals surface area contributed by atoms with Crippen LogP contribution in [0.15, 0.2) is 54.7 Å². The monoisotopic (exact) mass is 387 g/mol. The summed E-state index contributed by atoms with van der Waals surface area (Å²) < 4.78 is 25.8. The molecule has 0 unspecified atom stereocenters. The third-order valence-electron chi connectivity index (χ3n) is 4.39. The third kappa shape index (κ3) is 3.88. The molecule has 0 aliphatic carbocycles. The molecule has 0 amide bonds. The summed E-state index contributed by atoms with van der Waals surface area (Å²) in [6.07, 6.45) is 1.64. The predicted molar refractivity (Wildman–Crippen MR) is 108 cm³/mol. The fraction of sp³-hybridized carbons (Fsp3) is 0.250. The Balaban J connectivity index is 1.96. The minimum absolute atomic E-state index is 0.102. The molecule has 142 valence electrons. The van der Waals surface area contributed by atoms with E-state index < -0.39 is 5.54 Å². The quantitative estimate of drug-likeness (QED) is 0.596. The first kappa shape index (κ1) is 19.1. The Morgan fingerprint density at radius 2 is 1.74 bits per heavy atom. The topological polar surface area (TPSA) is 48.3 Å². The largest absolute Gasteiger partial charge is 0.493 e. The average Bonchev–Trinajstić information content (AvgIpc) is 3.09. The van der Waals surface area contributed by atoms with Crippen molar-refractivity contribution in [3.05, 3.63) is 60.3 Å². The third-order valence-corrected chi connectivity index (χ3v) is 4.90. The number of benzene rings is 2. The lowest BCUT2D eigenvalue weighted by Gasteiger charge is -2.27. The Bertz CT molecular complexity index is 913. The minimum atomic E-state index is -0.422. The summed E-state index contributed by atoms with van der Waals surface area (Å²) in [4.78, 5) is 4.39. The zero-order valence-corrected chi connectivity index (χ0v) is 16.5. The molecule has 0 saturated heterocycles. The molecule has 3 rings (SSSR count). The molecule has 0 saturated carbocycles. The van der Waals surface area contributed by atoms with E-state index in [0.717, 1.165) is 11.1 Å². The van der Waals surface area contributed by atoms with Gasteiger partial charge in [-0.05, 0) is 37.6 Å². The van der Waals surface area contributed by atoms with Gasteiger partial charge in [-0.15, -0.1) is 3.89 Å². The van der Waals surface area contributed by atoms with E-state index in [9.17, 15) is 3.89 Å². The molecule has 2 aromatic carbocycles. The number of aromatic nitrogens is 2. The lowest BCUT2D eigenvalue weighted by atomic mass is 9.95. The van der Waals surface area contributed by atoms with Gasteiger partial charge in [-0.3, -0.25) is 0 Å². The van der Waals surface area contributed by atoms with Crippen LogP contribution in [-0.2, 0) is 5.54 Å². The highest BCUT2D eigenvalue weighted by Crippen LogP contribution is 2.36. The number of halogens is 1. The highest BCUT2D eigenvalue weighted by atomic mass is 32.2. The maximum atomic E-state index is 13.8. The molecule has 0 fully saturated rings. The average molecular weight is 387 g/mol. The van der Waals surface area contributed by atoms with Gasteiger partial charge >= 0.3 is 0 Å². The second-order valence-electron chi connectivity index (χ2n) is 6.52. The van der Waals surface area contributed by atoms with E-state index in [2.05, 4.69) is 10.3 Å². The molecule has 1 heterocycles. The molecular formula is C20H22FN3O2S. The normalized spacial score (nSPS) is 11.3. The van der Waals surface area contributed by atoms with E-state index in [1.54, 1.807) is 32.5 Å². The molecule has 0 aliphatic heterocycles. The fourth-order valence-electron chi connectivity index (χ4n) is 2.89. The number of imidazole rings is 1. The zero-order chi connectivity index (χ0) is 19.4.